The van der Waals surface area contributed by atoms with E-state index in [9.17, 15) is 9.18 Å². The van der Waals surface area contributed by atoms with Crippen molar-refractivity contribution in [3.63, 3.8) is 0 Å². The van der Waals surface area contributed by atoms with Crippen molar-refractivity contribution in [3.05, 3.63) is 88.2 Å². The first kappa shape index (κ1) is 24.1. The molecule has 34 heavy (non-hydrogen) atoms. The van der Waals surface area contributed by atoms with Crippen LogP contribution in [-0.2, 0) is 0 Å². The van der Waals surface area contributed by atoms with Crippen molar-refractivity contribution in [3.8, 4) is 11.1 Å². The van der Waals surface area contributed by atoms with Crippen molar-refractivity contribution < 1.29 is 9.18 Å². The van der Waals surface area contributed by atoms with Crippen LogP contribution in [0.4, 0.5) is 15.8 Å². The van der Waals surface area contributed by atoms with Gasteiger partial charge in [-0.05, 0) is 67.3 Å². The predicted molar refractivity (Wildman–Crippen MR) is 140 cm³/mol. The highest BCUT2D eigenvalue weighted by atomic mass is 35.5. The highest BCUT2D eigenvalue weighted by Gasteiger charge is 2.22. The third-order valence-corrected chi connectivity index (χ3v) is 6.90. The monoisotopic (exact) mass is 497 g/mol. The zero-order valence-electron chi connectivity index (χ0n) is 19.0. The summed E-state index contributed by atoms with van der Waals surface area (Å²) in [6, 6.07) is 15.6. The predicted octanol–water partition coefficient (Wildman–Crippen LogP) is 7.00. The second kappa shape index (κ2) is 10.1. The third kappa shape index (κ3) is 4.77. The van der Waals surface area contributed by atoms with Crippen LogP contribution < -0.4 is 15.5 Å². The largest absolute Gasteiger partial charge is 0.370 e. The number of carbonyl (C=O) groups excluding carboxylic acids is 1. The Morgan fingerprint density at radius 3 is 2.44 bits per heavy atom. The van der Waals surface area contributed by atoms with Crippen LogP contribution in [0.15, 0.2) is 61.2 Å². The quantitative estimate of drug-likeness (QED) is 0.398. The maximum atomic E-state index is 14.6. The molecule has 1 aliphatic rings. The van der Waals surface area contributed by atoms with Crippen LogP contribution in [0.3, 0.4) is 0 Å². The lowest BCUT2D eigenvalue weighted by atomic mass is 9.99. The molecule has 2 N–H and O–H groups in total. The van der Waals surface area contributed by atoms with E-state index in [0.29, 0.717) is 21.3 Å². The first-order valence-electron chi connectivity index (χ1n) is 11.1. The van der Waals surface area contributed by atoms with E-state index >= 15 is 0 Å². The first-order chi connectivity index (χ1) is 16.3. The second-order valence-corrected chi connectivity index (χ2v) is 9.23. The van der Waals surface area contributed by atoms with E-state index < -0.39 is 11.7 Å². The average Bonchev–Trinajstić information content (AvgIpc) is 2.83. The Bertz CT molecular complexity index is 1230. The van der Waals surface area contributed by atoms with Crippen LogP contribution in [0.5, 0.6) is 0 Å². The van der Waals surface area contributed by atoms with Gasteiger partial charge < -0.3 is 15.5 Å². The Labute approximate surface area is 209 Å². The molecule has 0 spiro atoms. The summed E-state index contributed by atoms with van der Waals surface area (Å²) >= 11 is 12.8. The van der Waals surface area contributed by atoms with Gasteiger partial charge in [-0.25, -0.2) is 4.39 Å². The number of hydrogen-bond donors (Lipinski definition) is 1. The van der Waals surface area contributed by atoms with Gasteiger partial charge in [-0.2, -0.15) is 0 Å². The minimum atomic E-state index is -0.511. The van der Waals surface area contributed by atoms with Gasteiger partial charge in [-0.1, -0.05) is 41.9 Å². The van der Waals surface area contributed by atoms with Crippen molar-refractivity contribution in [1.29, 1.82) is 0 Å². The molecule has 1 heterocycles. The van der Waals surface area contributed by atoms with Gasteiger partial charge in [0.2, 0.25) is 5.91 Å². The van der Waals surface area contributed by atoms with Gasteiger partial charge in [0, 0.05) is 42.0 Å². The molecule has 0 saturated carbocycles. The Morgan fingerprint density at radius 1 is 1.03 bits per heavy atom. The molecule has 0 radical (unpaired) electrons. The molecular weight excluding hydrogens is 472 g/mol. The van der Waals surface area contributed by atoms with Crippen LogP contribution in [0.2, 0.25) is 10.0 Å². The lowest BCUT2D eigenvalue weighted by Gasteiger charge is -2.34. The van der Waals surface area contributed by atoms with E-state index in [-0.39, 0.29) is 5.56 Å². The van der Waals surface area contributed by atoms with Crippen LogP contribution in [0, 0.1) is 5.82 Å². The zero-order valence-corrected chi connectivity index (χ0v) is 20.5. The van der Waals surface area contributed by atoms with Crippen LogP contribution in [0.25, 0.3) is 16.8 Å². The Morgan fingerprint density at radius 2 is 1.76 bits per heavy atom. The number of anilines is 2. The van der Waals surface area contributed by atoms with Crippen molar-refractivity contribution in [2.24, 2.45) is 5.73 Å². The molecule has 4 nitrogen and oxygen atoms in total. The number of nitrogens with two attached hydrogens (primary N) is 1. The third-order valence-electron chi connectivity index (χ3n) is 6.25. The average molecular weight is 498 g/mol. The van der Waals surface area contributed by atoms with Crippen molar-refractivity contribution in [1.82, 2.24) is 0 Å². The lowest BCUT2D eigenvalue weighted by Crippen LogP contribution is -2.31. The SMILES string of the molecule is C=C(c1c(F)cccc1Cl)N(C)c1ccc(-c2cc(C(N)=O)ccc2Cl)cc1N1CCCCC1. The Hall–Kier alpha value is -3.02. The molecule has 0 unspecified atom stereocenters. The molecule has 0 bridgehead atoms. The molecule has 4 rings (SSSR count). The summed E-state index contributed by atoms with van der Waals surface area (Å²) in [6.45, 7) is 5.96. The maximum Gasteiger partial charge on any atom is 0.248 e. The molecule has 1 aliphatic heterocycles. The molecule has 1 saturated heterocycles. The topological polar surface area (TPSA) is 49.6 Å². The molecule has 3 aromatic rings. The number of rotatable bonds is 6. The maximum absolute atomic E-state index is 14.6. The fourth-order valence-electron chi connectivity index (χ4n) is 4.35. The Kier molecular flexibility index (Phi) is 7.15. The summed E-state index contributed by atoms with van der Waals surface area (Å²) in [4.78, 5) is 15.9. The minimum Gasteiger partial charge on any atom is -0.370 e. The standard InChI is InChI=1S/C27H26Cl2FN3O/c1-17(26-22(29)7-6-8-23(26)30)32(2)24-12-10-18(16-25(24)33-13-4-3-5-14-33)20-15-19(27(31)34)9-11-21(20)28/h6-12,15-16H,1,3-5,13-14H2,2H3,(H2,31,34). The number of piperidine rings is 1. The highest BCUT2D eigenvalue weighted by molar-refractivity contribution is 6.33. The van der Waals surface area contributed by atoms with Crippen molar-refractivity contribution >= 4 is 46.2 Å². The molecule has 0 atom stereocenters. The fraction of sp³-hybridized carbons (Fsp3) is 0.222. The number of halogens is 3. The second-order valence-electron chi connectivity index (χ2n) is 8.41. The summed E-state index contributed by atoms with van der Waals surface area (Å²) in [6.07, 6.45) is 3.36. The van der Waals surface area contributed by atoms with Gasteiger partial charge in [0.05, 0.1) is 22.0 Å². The molecule has 7 heteroatoms. The molecule has 3 aromatic carbocycles. The zero-order chi connectivity index (χ0) is 24.4. The van der Waals surface area contributed by atoms with Crippen molar-refractivity contribution in [2.75, 3.05) is 29.9 Å². The van der Waals surface area contributed by atoms with Crippen LogP contribution >= 0.6 is 23.2 Å². The minimum absolute atomic E-state index is 0.276. The normalized spacial score (nSPS) is 13.6. The highest BCUT2D eigenvalue weighted by Crippen LogP contribution is 2.40. The number of nitrogens with zero attached hydrogens (tertiary/aromatic N) is 2. The van der Waals surface area contributed by atoms with E-state index in [2.05, 4.69) is 17.5 Å². The summed E-state index contributed by atoms with van der Waals surface area (Å²) in [5, 5.41) is 0.835. The van der Waals surface area contributed by atoms with E-state index in [4.69, 9.17) is 28.9 Å². The van der Waals surface area contributed by atoms with Crippen molar-refractivity contribution in [2.45, 2.75) is 19.3 Å². The van der Waals surface area contributed by atoms with Gasteiger partial charge in [0.1, 0.15) is 5.82 Å². The lowest BCUT2D eigenvalue weighted by molar-refractivity contribution is 0.100. The molecule has 0 aliphatic carbocycles. The molecule has 1 fully saturated rings. The number of primary amides is 1. The van der Waals surface area contributed by atoms with E-state index in [1.165, 1.54) is 12.5 Å². The van der Waals surface area contributed by atoms with Gasteiger partial charge in [0.15, 0.2) is 0 Å². The van der Waals surface area contributed by atoms with Gasteiger partial charge in [0.25, 0.3) is 0 Å². The summed E-state index contributed by atoms with van der Waals surface area (Å²) in [7, 11) is 1.86. The van der Waals surface area contributed by atoms with E-state index in [1.807, 2.05) is 24.1 Å². The van der Waals surface area contributed by atoms with E-state index in [1.54, 1.807) is 30.3 Å². The Balaban J connectivity index is 1.81. The number of amides is 1. The van der Waals surface area contributed by atoms with Crippen LogP contribution in [-0.4, -0.2) is 26.0 Å². The van der Waals surface area contributed by atoms with Gasteiger partial charge in [-0.15, -0.1) is 0 Å². The smallest absolute Gasteiger partial charge is 0.248 e. The molecular formula is C27H26Cl2FN3O. The van der Waals surface area contributed by atoms with Crippen LogP contribution in [0.1, 0.15) is 35.2 Å². The first-order valence-corrected chi connectivity index (χ1v) is 11.9. The van der Waals surface area contributed by atoms with Gasteiger partial charge in [-0.3, -0.25) is 4.79 Å². The fourth-order valence-corrected chi connectivity index (χ4v) is 4.85. The number of benzene rings is 3. The molecule has 0 aromatic heterocycles. The summed E-state index contributed by atoms with van der Waals surface area (Å²) in [5.74, 6) is -0.931. The van der Waals surface area contributed by atoms with E-state index in [0.717, 1.165) is 48.4 Å². The number of carbonyl (C=O) groups is 1. The molecule has 176 valence electrons. The van der Waals surface area contributed by atoms with Gasteiger partial charge >= 0.3 is 0 Å². The number of hydrogen-bond acceptors (Lipinski definition) is 3. The summed E-state index contributed by atoms with van der Waals surface area (Å²) < 4.78 is 14.6. The summed E-state index contributed by atoms with van der Waals surface area (Å²) in [5.41, 5.74) is 10.1. The molecule has 1 amide bonds.